The molecule has 1 heterocycles. The third kappa shape index (κ3) is 4.49. The molecule has 1 aliphatic heterocycles. The molecule has 7 nitrogen and oxygen atoms in total. The van der Waals surface area contributed by atoms with Crippen molar-refractivity contribution >= 4 is 17.8 Å². The van der Waals surface area contributed by atoms with E-state index in [1.54, 1.807) is 12.1 Å². The number of rotatable bonds is 7. The van der Waals surface area contributed by atoms with Crippen molar-refractivity contribution in [3.8, 4) is 11.5 Å². The summed E-state index contributed by atoms with van der Waals surface area (Å²) in [5.74, 6) is -0.753. The van der Waals surface area contributed by atoms with Gasteiger partial charge in [-0.15, -0.1) is 0 Å². The van der Waals surface area contributed by atoms with Crippen molar-refractivity contribution in [3.05, 3.63) is 59.7 Å². The van der Waals surface area contributed by atoms with Crippen LogP contribution in [0.3, 0.4) is 0 Å². The molecular weight excluding hydrogens is 362 g/mol. The fourth-order valence-corrected chi connectivity index (χ4v) is 3.00. The number of methoxy groups -OCH3 is 1. The van der Waals surface area contributed by atoms with Crippen molar-refractivity contribution < 1.29 is 28.6 Å². The van der Waals surface area contributed by atoms with Gasteiger partial charge in [-0.05, 0) is 18.6 Å². The van der Waals surface area contributed by atoms with Gasteiger partial charge in [-0.1, -0.05) is 36.4 Å². The summed E-state index contributed by atoms with van der Waals surface area (Å²) in [6, 6.07) is 14.5. The Hall–Kier alpha value is -3.35. The summed E-state index contributed by atoms with van der Waals surface area (Å²) < 4.78 is 15.6. The number of hydrogen-bond donors (Lipinski definition) is 1. The number of fused-ring (bicyclic) bond motifs is 2. The highest BCUT2D eigenvalue weighted by molar-refractivity contribution is 5.87. The Labute approximate surface area is 162 Å². The molecule has 0 unspecified atom stereocenters. The van der Waals surface area contributed by atoms with Crippen LogP contribution >= 0.6 is 0 Å². The van der Waals surface area contributed by atoms with Crippen LogP contribution < -0.4 is 10.1 Å². The van der Waals surface area contributed by atoms with E-state index in [-0.39, 0.29) is 12.4 Å². The maximum atomic E-state index is 12.8. The Balaban J connectivity index is 1.60. The molecule has 0 atom stereocenters. The van der Waals surface area contributed by atoms with E-state index in [1.165, 1.54) is 7.11 Å². The third-order valence-electron chi connectivity index (χ3n) is 4.37. The second-order valence-electron chi connectivity index (χ2n) is 6.25. The van der Waals surface area contributed by atoms with Gasteiger partial charge in [0, 0.05) is 24.1 Å². The minimum absolute atomic E-state index is 0.214. The zero-order valence-corrected chi connectivity index (χ0v) is 15.5. The fraction of sp³-hybridized carbons (Fsp3) is 0.286. The van der Waals surface area contributed by atoms with E-state index in [1.807, 2.05) is 36.4 Å². The zero-order valence-electron chi connectivity index (χ0n) is 15.5. The Morgan fingerprint density at radius 3 is 2.21 bits per heavy atom. The van der Waals surface area contributed by atoms with Crippen molar-refractivity contribution in [2.45, 2.75) is 18.8 Å². The van der Waals surface area contributed by atoms with Crippen LogP contribution in [0.4, 0.5) is 0 Å². The molecule has 1 aliphatic rings. The van der Waals surface area contributed by atoms with Gasteiger partial charge in [0.2, 0.25) is 0 Å². The second kappa shape index (κ2) is 9.03. The van der Waals surface area contributed by atoms with E-state index in [0.717, 1.165) is 0 Å². The highest BCUT2D eigenvalue weighted by atomic mass is 16.5. The van der Waals surface area contributed by atoms with E-state index in [2.05, 4.69) is 10.1 Å². The van der Waals surface area contributed by atoms with Crippen molar-refractivity contribution in [1.29, 1.82) is 0 Å². The van der Waals surface area contributed by atoms with Crippen LogP contribution in [0.25, 0.3) is 0 Å². The van der Waals surface area contributed by atoms with Crippen molar-refractivity contribution in [2.75, 3.05) is 20.3 Å². The first-order valence-electron chi connectivity index (χ1n) is 8.96. The Morgan fingerprint density at radius 2 is 1.61 bits per heavy atom. The van der Waals surface area contributed by atoms with Crippen LogP contribution in [0.15, 0.2) is 48.5 Å². The number of benzene rings is 2. The Bertz CT molecular complexity index is 833. The fourth-order valence-electron chi connectivity index (χ4n) is 3.00. The number of amides is 1. The maximum absolute atomic E-state index is 12.8. The predicted octanol–water partition coefficient (Wildman–Crippen LogP) is 2.54. The molecule has 0 saturated heterocycles. The lowest BCUT2D eigenvalue weighted by atomic mass is 9.88. The first kappa shape index (κ1) is 19.4. The summed E-state index contributed by atoms with van der Waals surface area (Å²) in [6.45, 7) is -0.0901. The summed E-state index contributed by atoms with van der Waals surface area (Å²) >= 11 is 0. The minimum atomic E-state index is -0.659. The number of nitrogens with one attached hydrogen (secondary N) is 1. The molecule has 7 heteroatoms. The minimum Gasteiger partial charge on any atom is -0.469 e. The molecule has 2 aromatic carbocycles. The average Bonchev–Trinajstić information content (AvgIpc) is 2.73. The Morgan fingerprint density at radius 1 is 1.00 bits per heavy atom. The molecule has 0 radical (unpaired) electrons. The van der Waals surface area contributed by atoms with E-state index < -0.39 is 24.4 Å². The van der Waals surface area contributed by atoms with Crippen LogP contribution in [0.1, 0.15) is 29.9 Å². The van der Waals surface area contributed by atoms with Gasteiger partial charge in [0.25, 0.3) is 5.91 Å². The topological polar surface area (TPSA) is 90.9 Å². The molecule has 1 amide bonds. The number of ether oxygens (including phenoxy) is 3. The van der Waals surface area contributed by atoms with Gasteiger partial charge in [-0.3, -0.25) is 14.4 Å². The molecule has 0 fully saturated rings. The van der Waals surface area contributed by atoms with Gasteiger partial charge in [-0.2, -0.15) is 0 Å². The largest absolute Gasteiger partial charge is 0.469 e. The molecule has 1 N–H and O–H groups in total. The maximum Gasteiger partial charge on any atom is 0.318 e. The lowest BCUT2D eigenvalue weighted by molar-refractivity contribution is -0.149. The first-order chi connectivity index (χ1) is 13.6. The summed E-state index contributed by atoms with van der Waals surface area (Å²) in [7, 11) is 1.31. The molecule has 28 heavy (non-hydrogen) atoms. The van der Waals surface area contributed by atoms with Gasteiger partial charge in [0.15, 0.2) is 6.61 Å². The molecule has 0 aromatic heterocycles. The van der Waals surface area contributed by atoms with Gasteiger partial charge in [0.1, 0.15) is 17.4 Å². The number of carbonyl (C=O) groups excluding carboxylic acids is 3. The SMILES string of the molecule is COC(=O)CCCNC(=O)COC(=O)C1c2ccccc2Oc2ccccc21. The standard InChI is InChI=1S/C21H21NO6/c1-26-19(24)11-6-12-22-18(23)13-27-21(25)20-14-7-2-4-9-16(14)28-17-10-5-3-8-15(17)20/h2-5,7-10,20H,6,11-13H2,1H3,(H,22,23). The van der Waals surface area contributed by atoms with E-state index in [9.17, 15) is 14.4 Å². The van der Waals surface area contributed by atoms with Gasteiger partial charge < -0.3 is 19.5 Å². The first-order valence-corrected chi connectivity index (χ1v) is 8.96. The number of hydrogen-bond acceptors (Lipinski definition) is 6. The number of para-hydroxylation sites is 2. The third-order valence-corrected chi connectivity index (χ3v) is 4.37. The zero-order chi connectivity index (χ0) is 19.9. The van der Waals surface area contributed by atoms with Crippen LogP contribution in [0.2, 0.25) is 0 Å². The molecule has 0 aliphatic carbocycles. The molecule has 0 spiro atoms. The lowest BCUT2D eigenvalue weighted by Crippen LogP contribution is -2.31. The molecular formula is C21H21NO6. The quantitative estimate of drug-likeness (QED) is 0.584. The van der Waals surface area contributed by atoms with Gasteiger partial charge in [-0.25, -0.2) is 0 Å². The summed E-state index contributed by atoms with van der Waals surface area (Å²) in [4.78, 5) is 35.7. The summed E-state index contributed by atoms with van der Waals surface area (Å²) in [5.41, 5.74) is 1.40. The monoisotopic (exact) mass is 383 g/mol. The van der Waals surface area contributed by atoms with Crippen LogP contribution in [-0.2, 0) is 23.9 Å². The highest BCUT2D eigenvalue weighted by Crippen LogP contribution is 2.44. The number of carbonyl (C=O) groups is 3. The second-order valence-corrected chi connectivity index (χ2v) is 6.25. The van der Waals surface area contributed by atoms with Crippen molar-refractivity contribution in [3.63, 3.8) is 0 Å². The molecule has 2 aromatic rings. The van der Waals surface area contributed by atoms with Crippen LogP contribution in [-0.4, -0.2) is 38.1 Å². The normalized spacial score (nSPS) is 12.2. The molecule has 0 saturated carbocycles. The Kier molecular flexibility index (Phi) is 6.26. The van der Waals surface area contributed by atoms with Crippen molar-refractivity contribution in [2.24, 2.45) is 0 Å². The molecule has 3 rings (SSSR count). The predicted molar refractivity (Wildman–Crippen MR) is 100 cm³/mol. The highest BCUT2D eigenvalue weighted by Gasteiger charge is 2.33. The summed E-state index contributed by atoms with van der Waals surface area (Å²) in [5, 5.41) is 2.61. The van der Waals surface area contributed by atoms with E-state index >= 15 is 0 Å². The van der Waals surface area contributed by atoms with Crippen LogP contribution in [0, 0.1) is 0 Å². The lowest BCUT2D eigenvalue weighted by Gasteiger charge is -2.26. The van der Waals surface area contributed by atoms with Crippen LogP contribution in [0.5, 0.6) is 11.5 Å². The average molecular weight is 383 g/mol. The van der Waals surface area contributed by atoms with E-state index in [0.29, 0.717) is 35.6 Å². The van der Waals surface area contributed by atoms with Crippen molar-refractivity contribution in [1.82, 2.24) is 5.32 Å². The van der Waals surface area contributed by atoms with Gasteiger partial charge in [0.05, 0.1) is 7.11 Å². The van der Waals surface area contributed by atoms with E-state index in [4.69, 9.17) is 9.47 Å². The van der Waals surface area contributed by atoms with Gasteiger partial charge >= 0.3 is 11.9 Å². The smallest absolute Gasteiger partial charge is 0.318 e. The number of esters is 2. The summed E-state index contributed by atoms with van der Waals surface area (Å²) in [6.07, 6.45) is 0.666. The molecule has 146 valence electrons. The molecule has 0 bridgehead atoms.